The number of hydrogen-bond donors (Lipinski definition) is 3. The SMILES string of the molecule is CCN1c2ccccc2CCc2cc(-c3sc(-c4sc(-c5sc(-c6sc(-c7sc(-c8sc(/C=c9\s/c(=C(\C#N)C(=O)O)n(CC(=O)O)c9=N)c9c8OCCO9)c8c7OCCO8)c7c6OCCO7)c6c5OCCO6)c5c4OCCO5)c4c3OCCO4)ccc21. The number of carboxylic acids is 2. The number of aromatic nitrogens is 1. The second-order valence-electron chi connectivity index (χ2n) is 20.5. The van der Waals surface area contributed by atoms with Gasteiger partial charge in [-0.2, -0.15) is 5.26 Å². The summed E-state index contributed by atoms with van der Waals surface area (Å²) in [4.78, 5) is 35.7. The van der Waals surface area contributed by atoms with Gasteiger partial charge in [-0.05, 0) is 60.7 Å². The first-order chi connectivity index (χ1) is 43.1. The standard InChI is InChI=1S/C61H46N4O16S7/c1-2-64-31-6-4-3-5-27(31)7-8-28-23-29(9-10-32(28)64)48-38-39(73-14-13-72-38)51(84-48)52-42-43(77-18-17-76-42)55(86-52)56-46-47(81-22-21-80-46)58(88-56)57-45-44(78-19-20-79-45)54(87-57)53-41-40(74-15-16-75-41)50(85-53)49-37-36(70-11-12-71-37)33(82-49)24-34-59(63)65(26-35(66)67)60(83-34)30(25-62)61(68)69/h3-6,9-10,23-24,63H,2,7-8,11-22,26H2,1H3,(H,66,67)(H,68,69)/b34-24-,60-30+,63-59?. The van der Waals surface area contributed by atoms with Crippen LogP contribution in [0.4, 0.5) is 11.4 Å². The maximum Gasteiger partial charge on any atom is 0.349 e. The Balaban J connectivity index is 0.800. The molecule has 0 fully saturated rings. The first kappa shape index (κ1) is 55.0. The summed E-state index contributed by atoms with van der Waals surface area (Å²) in [6.45, 7) is 6.09. The molecule has 3 N–H and O–H groups in total. The predicted molar refractivity (Wildman–Crippen MR) is 334 cm³/mol. The highest BCUT2D eigenvalue weighted by Crippen LogP contribution is 2.69. The zero-order chi connectivity index (χ0) is 59.5. The lowest BCUT2D eigenvalue weighted by atomic mass is 10.0. The van der Waals surface area contributed by atoms with E-state index in [2.05, 4.69) is 54.3 Å². The third-order valence-corrected chi connectivity index (χ3v) is 24.3. The van der Waals surface area contributed by atoms with E-state index in [-0.39, 0.29) is 41.1 Å². The van der Waals surface area contributed by atoms with E-state index in [0.29, 0.717) is 131 Å². The van der Waals surface area contributed by atoms with Gasteiger partial charge in [-0.1, -0.05) is 24.3 Å². The summed E-state index contributed by atoms with van der Waals surface area (Å²) >= 11 is 9.72. The average Bonchev–Trinajstić information content (AvgIpc) is 1.76. The predicted octanol–water partition coefficient (Wildman–Crippen LogP) is 11.0. The van der Waals surface area contributed by atoms with Crippen LogP contribution in [0.1, 0.15) is 22.9 Å². The Kier molecular flexibility index (Phi) is 13.8. The molecule has 2 aromatic carbocycles. The first-order valence-electron chi connectivity index (χ1n) is 28.0. The van der Waals surface area contributed by atoms with Crippen LogP contribution in [0.25, 0.3) is 70.9 Å². The first-order valence-corrected chi connectivity index (χ1v) is 33.8. The number of nitrogens with one attached hydrogen (secondary N) is 1. The summed E-state index contributed by atoms with van der Waals surface area (Å²) in [7, 11) is 0. The highest BCUT2D eigenvalue weighted by molar-refractivity contribution is 7.32. The Morgan fingerprint density at radius 2 is 0.886 bits per heavy atom. The number of fused-ring (bicyclic) bond motifs is 8. The number of anilines is 2. The molecule has 88 heavy (non-hydrogen) atoms. The highest BCUT2D eigenvalue weighted by atomic mass is 32.1. The minimum absolute atomic E-state index is 0.175. The molecule has 0 spiro atoms. The van der Waals surface area contributed by atoms with Crippen LogP contribution in [0.3, 0.4) is 0 Å². The molecule has 0 radical (unpaired) electrons. The molecule has 0 saturated heterocycles. The molecule has 9 aromatic rings. The second kappa shape index (κ2) is 22.0. The Hall–Kier alpha value is -8.36. The highest BCUT2D eigenvalue weighted by Gasteiger charge is 2.41. The number of carboxylic acid groups (broad SMARTS) is 2. The molecule has 16 rings (SSSR count). The molecule has 0 unspecified atom stereocenters. The fraction of sp³-hybridized carbons (Fsp3) is 0.279. The van der Waals surface area contributed by atoms with Crippen molar-refractivity contribution < 1.29 is 76.6 Å². The van der Waals surface area contributed by atoms with Crippen LogP contribution >= 0.6 is 79.4 Å². The van der Waals surface area contributed by atoms with E-state index in [0.717, 1.165) is 90.5 Å². The molecular weight excluding hydrogens is 1270 g/mol. The van der Waals surface area contributed by atoms with Gasteiger partial charge in [-0.15, -0.1) is 79.4 Å². The van der Waals surface area contributed by atoms with E-state index in [4.69, 9.17) is 62.3 Å². The van der Waals surface area contributed by atoms with Crippen LogP contribution in [0.2, 0.25) is 0 Å². The van der Waals surface area contributed by atoms with E-state index in [1.54, 1.807) is 34.8 Å². The lowest BCUT2D eigenvalue weighted by molar-refractivity contribution is -0.138. The molecule has 20 nitrogen and oxygen atoms in total. The van der Waals surface area contributed by atoms with E-state index < -0.39 is 24.1 Å². The van der Waals surface area contributed by atoms with Crippen molar-refractivity contribution in [3.05, 3.63) is 73.2 Å². The Bertz CT molecular complexity index is 4660. The molecule has 0 amide bonds. The van der Waals surface area contributed by atoms with Gasteiger partial charge in [0.2, 0.25) is 0 Å². The molecule has 448 valence electrons. The Morgan fingerprint density at radius 1 is 0.511 bits per heavy atom. The quantitative estimate of drug-likeness (QED) is 0.109. The zero-order valence-corrected chi connectivity index (χ0v) is 52.0. The molecule has 0 bridgehead atoms. The van der Waals surface area contributed by atoms with Crippen molar-refractivity contribution in [2.75, 3.05) is 90.7 Å². The van der Waals surface area contributed by atoms with E-state index in [1.807, 2.05) is 0 Å². The number of thiophene rings is 6. The average molecular weight is 1320 g/mol. The third-order valence-electron chi connectivity index (χ3n) is 15.4. The Labute approximate surface area is 527 Å². The maximum absolute atomic E-state index is 12.1. The van der Waals surface area contributed by atoms with Gasteiger partial charge in [0.15, 0.2) is 74.6 Å². The fourth-order valence-corrected chi connectivity index (χ4v) is 20.6. The lowest BCUT2D eigenvalue weighted by Gasteiger charge is -2.25. The van der Waals surface area contributed by atoms with Crippen molar-refractivity contribution in [2.45, 2.75) is 26.3 Å². The molecule has 7 aromatic heterocycles. The maximum atomic E-state index is 12.1. The Morgan fingerprint density at radius 3 is 1.31 bits per heavy atom. The number of nitriles is 1. The van der Waals surface area contributed by atoms with Gasteiger partial charge in [0, 0.05) is 17.9 Å². The van der Waals surface area contributed by atoms with E-state index in [1.165, 1.54) is 67.8 Å². The van der Waals surface area contributed by atoms with Crippen LogP contribution < -0.4 is 76.4 Å². The van der Waals surface area contributed by atoms with Crippen molar-refractivity contribution in [3.8, 4) is 134 Å². The third kappa shape index (κ3) is 8.88. The molecular formula is C61H46N4O16S7. The topological polar surface area (TPSA) is 241 Å². The van der Waals surface area contributed by atoms with Crippen LogP contribution in [0, 0.1) is 16.7 Å². The van der Waals surface area contributed by atoms with Gasteiger partial charge in [-0.3, -0.25) is 10.2 Å². The molecule has 7 aliphatic heterocycles. The number of ether oxygens (including phenoxy) is 12. The number of thiazole rings is 1. The van der Waals surface area contributed by atoms with Gasteiger partial charge in [-0.25, -0.2) is 4.79 Å². The molecule has 27 heteroatoms. The minimum atomic E-state index is -1.54. The van der Waals surface area contributed by atoms with Crippen molar-refractivity contribution in [1.82, 2.24) is 4.57 Å². The summed E-state index contributed by atoms with van der Waals surface area (Å²) < 4.78 is 79.3. The largest absolute Gasteiger partial charge is 0.485 e. The van der Waals surface area contributed by atoms with Crippen molar-refractivity contribution in [1.29, 1.82) is 10.7 Å². The monoisotopic (exact) mass is 1310 g/mol. The molecule has 0 atom stereocenters. The number of aryl methyl sites for hydroxylation is 2. The number of para-hydroxylation sites is 1. The number of aliphatic carboxylic acids is 2. The number of rotatable bonds is 11. The van der Waals surface area contributed by atoms with Gasteiger partial charge >= 0.3 is 11.9 Å². The summed E-state index contributed by atoms with van der Waals surface area (Å²) in [6.07, 6.45) is 3.47. The number of nitrogens with zero attached hydrogens (tertiary/aromatic N) is 3. The second-order valence-corrected chi connectivity index (χ2v) is 27.7. The molecule has 7 aliphatic rings. The van der Waals surface area contributed by atoms with Crippen molar-refractivity contribution in [2.24, 2.45) is 0 Å². The van der Waals surface area contributed by atoms with E-state index in [9.17, 15) is 25.1 Å². The van der Waals surface area contributed by atoms with Crippen LogP contribution in [0.5, 0.6) is 69.0 Å². The van der Waals surface area contributed by atoms with E-state index >= 15 is 0 Å². The van der Waals surface area contributed by atoms with Gasteiger partial charge in [0.25, 0.3) is 0 Å². The summed E-state index contributed by atoms with van der Waals surface area (Å²) in [6, 6.07) is 17.1. The minimum Gasteiger partial charge on any atom is -0.485 e. The number of benzene rings is 2. The molecule has 0 aliphatic carbocycles. The fourth-order valence-electron chi connectivity index (χ4n) is 11.7. The summed E-state index contributed by atoms with van der Waals surface area (Å²) in [5.41, 5.74) is 5.17. The van der Waals surface area contributed by atoms with Gasteiger partial charge < -0.3 is 76.5 Å². The lowest BCUT2D eigenvalue weighted by Crippen LogP contribution is -2.35. The van der Waals surface area contributed by atoms with Crippen LogP contribution in [0.15, 0.2) is 42.5 Å². The van der Waals surface area contributed by atoms with Gasteiger partial charge in [0.05, 0.1) is 63.1 Å². The van der Waals surface area contributed by atoms with Crippen LogP contribution in [-0.2, 0) is 29.0 Å². The smallest absolute Gasteiger partial charge is 0.349 e. The molecule has 14 heterocycles. The summed E-state index contributed by atoms with van der Waals surface area (Å²) in [5, 5.41) is 38.3. The summed E-state index contributed by atoms with van der Waals surface area (Å²) in [5.74, 6) is 3.85. The molecule has 0 saturated carbocycles. The van der Waals surface area contributed by atoms with Crippen LogP contribution in [-0.4, -0.2) is 113 Å². The normalized spacial score (nSPS) is 16.3. The van der Waals surface area contributed by atoms with Crippen molar-refractivity contribution >= 4 is 114 Å². The number of carbonyl (C=O) groups is 2. The van der Waals surface area contributed by atoms with Crippen molar-refractivity contribution in [3.63, 3.8) is 0 Å². The van der Waals surface area contributed by atoms with Gasteiger partial charge in [0.1, 0.15) is 102 Å². The number of hydrogen-bond acceptors (Lipinski definition) is 24. The zero-order valence-electron chi connectivity index (χ0n) is 46.2.